The molecule has 4 nitrogen and oxygen atoms in total. The van der Waals surface area contributed by atoms with Gasteiger partial charge in [0.1, 0.15) is 0 Å². The molecule has 1 aliphatic heterocycles. The molecule has 0 bridgehead atoms. The molecule has 0 fully saturated rings. The lowest BCUT2D eigenvalue weighted by Crippen LogP contribution is -2.30. The zero-order valence-corrected chi connectivity index (χ0v) is 10.5. The second-order valence-corrected chi connectivity index (χ2v) is 4.50. The number of ether oxygens (including phenoxy) is 1. The average molecular weight is 268 g/mol. The van der Waals surface area contributed by atoms with E-state index in [-0.39, 0.29) is 0 Å². The van der Waals surface area contributed by atoms with Gasteiger partial charge in [0.25, 0.3) is 0 Å². The lowest BCUT2D eigenvalue weighted by molar-refractivity contribution is -0.147. The Morgan fingerprint density at radius 2 is 1.25 bits per heavy atom. The van der Waals surface area contributed by atoms with E-state index in [0.29, 0.717) is 11.1 Å². The van der Waals surface area contributed by atoms with Crippen molar-refractivity contribution in [1.29, 1.82) is 0 Å². The Bertz CT molecular complexity index is 635. The number of hydrogen-bond donors (Lipinski definition) is 2. The van der Waals surface area contributed by atoms with Gasteiger partial charge in [0, 0.05) is 11.1 Å². The summed E-state index contributed by atoms with van der Waals surface area (Å²) in [5, 5.41) is 19.9. The van der Waals surface area contributed by atoms with Crippen molar-refractivity contribution >= 4 is 5.97 Å². The molecular weight excluding hydrogens is 256 g/mol. The molecule has 2 aromatic rings. The second-order valence-electron chi connectivity index (χ2n) is 4.50. The third kappa shape index (κ3) is 1.58. The van der Waals surface area contributed by atoms with E-state index >= 15 is 0 Å². The fourth-order valence-electron chi connectivity index (χ4n) is 2.40. The Balaban J connectivity index is 2.29. The van der Waals surface area contributed by atoms with Crippen molar-refractivity contribution in [2.24, 2.45) is 0 Å². The third-order valence-electron chi connectivity index (χ3n) is 3.36. The molecule has 0 radical (unpaired) electrons. The summed E-state index contributed by atoms with van der Waals surface area (Å²) in [6.45, 7) is 0. The van der Waals surface area contributed by atoms with E-state index < -0.39 is 23.1 Å². The van der Waals surface area contributed by atoms with Crippen LogP contribution in [0.3, 0.4) is 0 Å². The van der Waals surface area contributed by atoms with Crippen molar-refractivity contribution in [3.63, 3.8) is 0 Å². The van der Waals surface area contributed by atoms with Crippen LogP contribution in [-0.2, 0) is 15.1 Å². The number of hydrogen-bond acceptors (Lipinski definition) is 4. The lowest BCUT2D eigenvalue weighted by atomic mass is 9.85. The number of aliphatic hydroxyl groups excluding tert-OH is 2. The van der Waals surface area contributed by atoms with Gasteiger partial charge in [0.05, 0.1) is 0 Å². The molecular formula is C16H12O4. The Morgan fingerprint density at radius 3 is 1.60 bits per heavy atom. The highest BCUT2D eigenvalue weighted by atomic mass is 16.6. The van der Waals surface area contributed by atoms with Gasteiger partial charge in [-0.05, 0) is 0 Å². The Kier molecular flexibility index (Phi) is 2.71. The minimum Gasteiger partial charge on any atom is -0.504 e. The van der Waals surface area contributed by atoms with Crippen LogP contribution in [0.1, 0.15) is 11.1 Å². The molecule has 0 saturated carbocycles. The summed E-state index contributed by atoms with van der Waals surface area (Å²) >= 11 is 0. The Labute approximate surface area is 115 Å². The van der Waals surface area contributed by atoms with Crippen LogP contribution in [0.25, 0.3) is 0 Å². The van der Waals surface area contributed by atoms with Gasteiger partial charge in [-0.3, -0.25) is 0 Å². The normalized spacial score (nSPS) is 17.1. The van der Waals surface area contributed by atoms with Crippen molar-refractivity contribution in [2.45, 2.75) is 5.60 Å². The number of aliphatic hydroxyl groups is 2. The second kappa shape index (κ2) is 4.42. The molecule has 1 aliphatic rings. The number of benzene rings is 2. The quantitative estimate of drug-likeness (QED) is 0.822. The van der Waals surface area contributed by atoms with Crippen LogP contribution in [-0.4, -0.2) is 16.2 Å². The van der Waals surface area contributed by atoms with Crippen LogP contribution in [0.4, 0.5) is 0 Å². The van der Waals surface area contributed by atoms with Crippen LogP contribution in [0.15, 0.2) is 72.2 Å². The molecule has 0 atom stereocenters. The fourth-order valence-corrected chi connectivity index (χ4v) is 2.40. The van der Waals surface area contributed by atoms with E-state index in [9.17, 15) is 15.0 Å². The minimum absolute atomic E-state index is 0.486. The van der Waals surface area contributed by atoms with Gasteiger partial charge in [-0.25, -0.2) is 4.79 Å². The number of esters is 1. The van der Waals surface area contributed by atoms with Gasteiger partial charge in [-0.2, -0.15) is 0 Å². The molecule has 4 heteroatoms. The third-order valence-corrected chi connectivity index (χ3v) is 3.36. The van der Waals surface area contributed by atoms with Crippen molar-refractivity contribution in [3.05, 3.63) is 83.3 Å². The number of carbonyl (C=O) groups is 1. The van der Waals surface area contributed by atoms with Crippen LogP contribution >= 0.6 is 0 Å². The first-order valence-electron chi connectivity index (χ1n) is 6.13. The zero-order chi connectivity index (χ0) is 14.2. The predicted molar refractivity (Wildman–Crippen MR) is 72.0 cm³/mol. The summed E-state index contributed by atoms with van der Waals surface area (Å²) in [6.07, 6.45) is 0. The topological polar surface area (TPSA) is 66.8 Å². The maximum Gasteiger partial charge on any atom is 0.378 e. The molecule has 0 aliphatic carbocycles. The van der Waals surface area contributed by atoms with Gasteiger partial charge in [-0.1, -0.05) is 60.7 Å². The maximum absolute atomic E-state index is 11.7. The molecule has 0 unspecified atom stereocenters. The van der Waals surface area contributed by atoms with Crippen molar-refractivity contribution < 1.29 is 19.7 Å². The molecule has 2 aromatic carbocycles. The first-order chi connectivity index (χ1) is 9.66. The highest BCUT2D eigenvalue weighted by Crippen LogP contribution is 2.44. The summed E-state index contributed by atoms with van der Waals surface area (Å²) in [4.78, 5) is 11.7. The average Bonchev–Trinajstić information content (AvgIpc) is 2.74. The fraction of sp³-hybridized carbons (Fsp3) is 0.0625. The van der Waals surface area contributed by atoms with E-state index in [4.69, 9.17) is 4.74 Å². The molecule has 0 saturated heterocycles. The van der Waals surface area contributed by atoms with Gasteiger partial charge in [0.15, 0.2) is 5.76 Å². The van der Waals surface area contributed by atoms with Gasteiger partial charge in [-0.15, -0.1) is 0 Å². The highest BCUT2D eigenvalue weighted by molar-refractivity contribution is 5.91. The summed E-state index contributed by atoms with van der Waals surface area (Å²) in [7, 11) is 0. The smallest absolute Gasteiger partial charge is 0.378 e. The van der Waals surface area contributed by atoms with Crippen LogP contribution in [0.2, 0.25) is 0 Å². The molecule has 3 rings (SSSR count). The number of carbonyl (C=O) groups excluding carboxylic acids is 1. The SMILES string of the molecule is O=C1OC(c2ccccc2)(c2ccccc2)C(O)=C1O. The van der Waals surface area contributed by atoms with E-state index in [1.165, 1.54) is 0 Å². The van der Waals surface area contributed by atoms with Crippen molar-refractivity contribution in [1.82, 2.24) is 0 Å². The number of rotatable bonds is 2. The van der Waals surface area contributed by atoms with E-state index in [2.05, 4.69) is 0 Å². The van der Waals surface area contributed by atoms with E-state index in [0.717, 1.165) is 0 Å². The van der Waals surface area contributed by atoms with Crippen molar-refractivity contribution in [2.75, 3.05) is 0 Å². The molecule has 0 amide bonds. The first-order valence-corrected chi connectivity index (χ1v) is 6.13. The van der Waals surface area contributed by atoms with Gasteiger partial charge >= 0.3 is 5.97 Å². The lowest BCUT2D eigenvalue weighted by Gasteiger charge is -2.28. The standard InChI is InChI=1S/C16H12O4/c17-13-14(18)16(20-15(13)19,11-7-3-1-4-8-11)12-9-5-2-6-10-12/h1-10,17-18H. The van der Waals surface area contributed by atoms with Crippen molar-refractivity contribution in [3.8, 4) is 0 Å². The Morgan fingerprint density at radius 1 is 0.800 bits per heavy atom. The van der Waals surface area contributed by atoms with Crippen LogP contribution in [0.5, 0.6) is 0 Å². The molecule has 2 N–H and O–H groups in total. The predicted octanol–water partition coefficient (Wildman–Crippen LogP) is 2.81. The molecule has 0 spiro atoms. The summed E-state index contributed by atoms with van der Waals surface area (Å²) in [5.41, 5.74) is -0.342. The summed E-state index contributed by atoms with van der Waals surface area (Å²) in [5.74, 6) is -2.17. The largest absolute Gasteiger partial charge is 0.504 e. The zero-order valence-electron chi connectivity index (χ0n) is 10.5. The first kappa shape index (κ1) is 12.3. The van der Waals surface area contributed by atoms with E-state index in [1.54, 1.807) is 48.5 Å². The molecule has 0 aromatic heterocycles. The summed E-state index contributed by atoms with van der Waals surface area (Å²) < 4.78 is 5.33. The van der Waals surface area contributed by atoms with Gasteiger partial charge in [0.2, 0.25) is 11.4 Å². The summed E-state index contributed by atoms with van der Waals surface area (Å²) in [6, 6.07) is 17.7. The Hall–Kier alpha value is -2.75. The van der Waals surface area contributed by atoms with Crippen LogP contribution in [0, 0.1) is 0 Å². The van der Waals surface area contributed by atoms with Crippen LogP contribution < -0.4 is 0 Å². The molecule has 20 heavy (non-hydrogen) atoms. The monoisotopic (exact) mass is 268 g/mol. The molecule has 100 valence electrons. The minimum atomic E-state index is -1.48. The number of cyclic esters (lactones) is 1. The molecule has 1 heterocycles. The van der Waals surface area contributed by atoms with Gasteiger partial charge < -0.3 is 14.9 Å². The maximum atomic E-state index is 11.7. The van der Waals surface area contributed by atoms with E-state index in [1.807, 2.05) is 12.1 Å². The highest BCUT2D eigenvalue weighted by Gasteiger charge is 2.51.